The number of hydrogen-bond acceptors (Lipinski definition) is 15. The minimum Gasteiger partial charge on any atom is -0.393 e. The number of amides is 1. The number of phosphoric ester groups is 2. The third-order valence-corrected chi connectivity index (χ3v) is 16.2. The number of ketones is 2. The molecule has 0 aromatic heterocycles. The van der Waals surface area contributed by atoms with Crippen molar-refractivity contribution in [3.05, 3.63) is 36.5 Å². The lowest BCUT2D eigenvalue weighted by molar-refractivity contribution is -0.200. The molecule has 1 amide bonds. The second-order valence-electron chi connectivity index (χ2n) is 17.9. The second-order valence-corrected chi connectivity index (χ2v) is 21.0. The van der Waals surface area contributed by atoms with Gasteiger partial charge in [-0.1, -0.05) is 57.8 Å². The molecule has 20 heteroatoms. The van der Waals surface area contributed by atoms with Crippen molar-refractivity contribution in [3.8, 4) is 0 Å². The average molecular weight is 948 g/mol. The van der Waals surface area contributed by atoms with Gasteiger partial charge in [-0.05, 0) is 82.3 Å². The van der Waals surface area contributed by atoms with E-state index in [0.717, 1.165) is 37.7 Å². The Morgan fingerprint density at radius 2 is 1.69 bits per heavy atom. The summed E-state index contributed by atoms with van der Waals surface area (Å²) in [5.74, 6) is -1.40. The first-order valence-electron chi connectivity index (χ1n) is 22.8. The molecule has 364 valence electrons. The van der Waals surface area contributed by atoms with Gasteiger partial charge < -0.3 is 48.6 Å². The summed E-state index contributed by atoms with van der Waals surface area (Å²) in [5, 5.41) is 14.7. The third kappa shape index (κ3) is 13.2. The van der Waals surface area contributed by atoms with Crippen molar-refractivity contribution in [2.24, 2.45) is 28.6 Å². The second kappa shape index (κ2) is 23.8. The number of rotatable bonds is 30. The minimum absolute atomic E-state index is 0.00351. The molecule has 0 radical (unpaired) electrons. The van der Waals surface area contributed by atoms with E-state index in [1.165, 1.54) is 0 Å². The zero-order valence-corrected chi connectivity index (χ0v) is 39.6. The minimum atomic E-state index is -5.35. The van der Waals surface area contributed by atoms with Gasteiger partial charge in [0.2, 0.25) is 5.91 Å². The predicted octanol–water partition coefficient (Wildman–Crippen LogP) is 5.68. The third-order valence-electron chi connectivity index (χ3n) is 13.6. The van der Waals surface area contributed by atoms with Gasteiger partial charge in [-0.15, -0.1) is 6.58 Å². The number of carbonyl (C=O) groups is 3. The highest BCUT2D eigenvalue weighted by atomic mass is 31.3. The van der Waals surface area contributed by atoms with Crippen molar-refractivity contribution >= 4 is 33.1 Å². The van der Waals surface area contributed by atoms with E-state index in [2.05, 4.69) is 16.2 Å². The first-order valence-corrected chi connectivity index (χ1v) is 25.8. The summed E-state index contributed by atoms with van der Waals surface area (Å²) in [5.41, 5.74) is -2.17. The van der Waals surface area contributed by atoms with Crippen molar-refractivity contribution in [2.45, 2.75) is 129 Å². The van der Waals surface area contributed by atoms with Crippen LogP contribution in [0.15, 0.2) is 36.5 Å². The molecule has 64 heavy (non-hydrogen) atoms. The lowest BCUT2D eigenvalue weighted by atomic mass is 9.46. The molecule has 18 nitrogen and oxygen atoms in total. The van der Waals surface area contributed by atoms with Crippen molar-refractivity contribution in [1.82, 2.24) is 5.32 Å². The molecule has 0 spiro atoms. The Morgan fingerprint density at radius 3 is 2.39 bits per heavy atom. The SMILES string of the molecule is C=CCCCCCC(C)OCC(=O)NCCOCCOCCOCCOP(=O)(O)OP(=O)(O)OCC(=O)[C@@]12OC(CCC)O[C@@H]1C[C@H]1[C@@H]3CCC4=CC(=O)C=C[C@]4(C)[C@H]3[C@@H](O)C[C@@]12C. The van der Waals surface area contributed by atoms with Crippen LogP contribution in [0.4, 0.5) is 0 Å². The van der Waals surface area contributed by atoms with E-state index in [1.807, 2.05) is 39.8 Å². The van der Waals surface area contributed by atoms with Gasteiger partial charge in [0.25, 0.3) is 0 Å². The monoisotopic (exact) mass is 947 g/mol. The first-order chi connectivity index (χ1) is 30.4. The summed E-state index contributed by atoms with van der Waals surface area (Å²) in [7, 11) is -10.5. The molecule has 3 saturated carbocycles. The highest BCUT2D eigenvalue weighted by Gasteiger charge is 2.76. The Labute approximate surface area is 377 Å². The summed E-state index contributed by atoms with van der Waals surface area (Å²) < 4.78 is 74.6. The van der Waals surface area contributed by atoms with E-state index < -0.39 is 69.6 Å². The largest absolute Gasteiger partial charge is 0.481 e. The van der Waals surface area contributed by atoms with Crippen LogP contribution in [-0.2, 0) is 65.3 Å². The summed E-state index contributed by atoms with van der Waals surface area (Å²) in [6.07, 6.45) is 13.0. The van der Waals surface area contributed by atoms with Gasteiger partial charge >= 0.3 is 15.6 Å². The molecule has 4 aliphatic carbocycles. The smallest absolute Gasteiger partial charge is 0.393 e. The highest BCUT2D eigenvalue weighted by molar-refractivity contribution is 7.61. The number of fused-ring (bicyclic) bond motifs is 7. The predicted molar refractivity (Wildman–Crippen MR) is 233 cm³/mol. The molecule has 5 rings (SSSR count). The molecule has 1 saturated heterocycles. The van der Waals surface area contributed by atoms with Crippen LogP contribution in [0, 0.1) is 28.6 Å². The topological polar surface area (TPSA) is 241 Å². The lowest BCUT2D eigenvalue weighted by Gasteiger charge is -2.59. The van der Waals surface area contributed by atoms with E-state index in [4.69, 9.17) is 37.5 Å². The van der Waals surface area contributed by atoms with Crippen LogP contribution < -0.4 is 5.32 Å². The number of nitrogens with one attached hydrogen (secondary N) is 1. The molecule has 4 unspecified atom stereocenters. The molecule has 4 fully saturated rings. The van der Waals surface area contributed by atoms with Crippen molar-refractivity contribution in [2.75, 3.05) is 66.0 Å². The Bertz CT molecular complexity index is 1760. The summed E-state index contributed by atoms with van der Waals surface area (Å²) >= 11 is 0. The molecule has 0 aromatic carbocycles. The Hall–Kier alpha value is -1.99. The number of unbranched alkanes of at least 4 members (excludes halogenated alkanes) is 3. The average Bonchev–Trinajstić information content (AvgIpc) is 3.72. The van der Waals surface area contributed by atoms with Crippen LogP contribution in [-0.4, -0.2) is 129 Å². The number of allylic oxidation sites excluding steroid dienone is 5. The molecule has 0 bridgehead atoms. The van der Waals surface area contributed by atoms with Crippen LogP contribution in [0.25, 0.3) is 0 Å². The number of phosphoric acid groups is 2. The van der Waals surface area contributed by atoms with E-state index in [9.17, 15) is 38.4 Å². The summed E-state index contributed by atoms with van der Waals surface area (Å²) in [6.45, 7) is 11.3. The lowest BCUT2D eigenvalue weighted by Crippen LogP contribution is -2.63. The van der Waals surface area contributed by atoms with Crippen LogP contribution >= 0.6 is 15.6 Å². The quantitative estimate of drug-likeness (QED) is 0.0385. The highest BCUT2D eigenvalue weighted by Crippen LogP contribution is 2.70. The maximum atomic E-state index is 14.4. The van der Waals surface area contributed by atoms with E-state index >= 15 is 0 Å². The summed E-state index contributed by atoms with van der Waals surface area (Å²) in [4.78, 5) is 59.3. The fraction of sp³-hybridized carbons (Fsp3) is 0.795. The fourth-order valence-electron chi connectivity index (χ4n) is 10.7. The number of ether oxygens (including phenoxy) is 6. The Kier molecular flexibility index (Phi) is 19.7. The zero-order valence-electron chi connectivity index (χ0n) is 37.9. The van der Waals surface area contributed by atoms with Crippen LogP contribution in [0.3, 0.4) is 0 Å². The number of Topliss-reactive ketones (excluding diaryl/α,β-unsaturated/α-hetero) is 1. The number of carbonyl (C=O) groups excluding carboxylic acids is 3. The van der Waals surface area contributed by atoms with E-state index in [1.54, 1.807) is 12.2 Å². The van der Waals surface area contributed by atoms with E-state index in [-0.39, 0.29) is 81.6 Å². The normalized spacial score (nSPS) is 32.9. The number of aliphatic hydroxyl groups is 1. The van der Waals surface area contributed by atoms with Crippen LogP contribution in [0.5, 0.6) is 0 Å². The maximum absolute atomic E-state index is 14.4. The molecular weight excluding hydrogens is 876 g/mol. The Morgan fingerprint density at radius 1 is 1.00 bits per heavy atom. The van der Waals surface area contributed by atoms with Crippen LogP contribution in [0.2, 0.25) is 0 Å². The maximum Gasteiger partial charge on any atom is 0.481 e. The molecule has 1 heterocycles. The summed E-state index contributed by atoms with van der Waals surface area (Å²) in [6, 6.07) is 0. The standard InChI is InChI=1S/C44H71NO17P2/c1-6-8-9-10-11-13-31(3)57-30-39(49)45-18-19-54-20-21-55-22-23-56-24-25-58-63(50,51)62-64(52,53)59-29-37(48)44-38(60-40(61-44)12-7-2)27-35-34-15-14-32-26-33(46)16-17-42(32,4)41(34)36(47)28-43(35,44)5/h6,16-17,26,31,34-36,38,40-41,47H,1,7-15,18-25,27-30H2,2-5H3,(H,45,49)(H,50,51)(H,52,53)/t31?,34-,35-,36-,38+,40?,41+,42-,43-,44+/m0/s1. The van der Waals surface area contributed by atoms with Crippen molar-refractivity contribution < 1.29 is 80.2 Å². The molecule has 0 aromatic rings. The van der Waals surface area contributed by atoms with Crippen LogP contribution in [0.1, 0.15) is 98.3 Å². The van der Waals surface area contributed by atoms with Gasteiger partial charge in [0, 0.05) is 23.3 Å². The fourth-order valence-corrected chi connectivity index (χ4v) is 12.7. The van der Waals surface area contributed by atoms with Gasteiger partial charge in [-0.2, -0.15) is 4.31 Å². The molecule has 12 atom stereocenters. The Balaban J connectivity index is 0.983. The molecule has 5 aliphatic rings. The molecular formula is C44H71NO17P2. The number of hydrogen-bond donors (Lipinski definition) is 4. The van der Waals surface area contributed by atoms with Crippen molar-refractivity contribution in [1.29, 1.82) is 0 Å². The van der Waals surface area contributed by atoms with Gasteiger partial charge in [-0.25, -0.2) is 9.13 Å². The van der Waals surface area contributed by atoms with Gasteiger partial charge in [0.05, 0.1) is 64.6 Å². The zero-order chi connectivity index (χ0) is 46.6. The number of aliphatic hydroxyl groups excluding tert-OH is 1. The van der Waals surface area contributed by atoms with Crippen molar-refractivity contribution in [3.63, 3.8) is 0 Å². The molecule has 1 aliphatic heterocycles. The van der Waals surface area contributed by atoms with Gasteiger partial charge in [-0.3, -0.25) is 23.4 Å². The van der Waals surface area contributed by atoms with Gasteiger partial charge in [0.15, 0.2) is 23.5 Å². The van der Waals surface area contributed by atoms with Gasteiger partial charge in [0.1, 0.15) is 13.2 Å². The van der Waals surface area contributed by atoms with E-state index in [0.29, 0.717) is 45.3 Å². The first kappa shape index (κ1) is 53.0. The molecule has 4 N–H and O–H groups in total.